The van der Waals surface area contributed by atoms with Crippen molar-refractivity contribution >= 4 is 29.0 Å². The Balaban J connectivity index is 2.81. The van der Waals surface area contributed by atoms with Gasteiger partial charge in [0.25, 0.3) is 0 Å². The van der Waals surface area contributed by atoms with Crippen LogP contribution in [-0.2, 0) is 9.53 Å². The van der Waals surface area contributed by atoms with Gasteiger partial charge in [0.05, 0.1) is 12.2 Å². The maximum absolute atomic E-state index is 12.3. The molecule has 0 aliphatic carbocycles. The highest BCUT2D eigenvalue weighted by molar-refractivity contribution is 7.13. The topological polar surface area (TPSA) is 88.8 Å². The van der Waals surface area contributed by atoms with Crippen LogP contribution in [0.1, 0.15) is 35.6 Å². The van der Waals surface area contributed by atoms with E-state index in [-0.39, 0.29) is 23.6 Å². The van der Waals surface area contributed by atoms with E-state index in [1.54, 1.807) is 20.8 Å². The molecule has 0 spiro atoms. The number of rotatable bonds is 5. The molecular weight excluding hydrogens is 330 g/mol. The first-order valence-corrected chi connectivity index (χ1v) is 8.25. The lowest BCUT2D eigenvalue weighted by Gasteiger charge is -2.14. The van der Waals surface area contributed by atoms with Crippen LogP contribution < -0.4 is 0 Å². The molecule has 0 aliphatic rings. The number of aliphatic hydroxyl groups excluding tert-OH is 1. The van der Waals surface area contributed by atoms with Gasteiger partial charge in [-0.1, -0.05) is 6.07 Å². The Morgan fingerprint density at radius 1 is 1.25 bits per heavy atom. The minimum Gasteiger partial charge on any atom is -0.510 e. The normalized spacial score (nSPS) is 12.0. The van der Waals surface area contributed by atoms with Gasteiger partial charge in [-0.3, -0.25) is 0 Å². The molecule has 0 atom stereocenters. The van der Waals surface area contributed by atoms with Crippen molar-refractivity contribution in [1.82, 2.24) is 4.57 Å². The monoisotopic (exact) mass is 349 g/mol. The molecule has 0 saturated heterocycles. The molecule has 0 radical (unpaired) electrons. The molecule has 2 N–H and O–H groups in total. The number of hydrogen-bond donors (Lipinski definition) is 2. The summed E-state index contributed by atoms with van der Waals surface area (Å²) in [6.07, 6.45) is 0. The van der Waals surface area contributed by atoms with Crippen LogP contribution in [0.5, 0.6) is 0 Å². The van der Waals surface area contributed by atoms with Crippen molar-refractivity contribution < 1.29 is 24.5 Å². The summed E-state index contributed by atoms with van der Waals surface area (Å²) >= 11 is 1.41. The number of thiophene rings is 1. The van der Waals surface area contributed by atoms with E-state index in [9.17, 15) is 19.8 Å². The lowest BCUT2D eigenvalue weighted by Crippen LogP contribution is -2.16. The Labute approximate surface area is 143 Å². The fourth-order valence-electron chi connectivity index (χ4n) is 2.76. The van der Waals surface area contributed by atoms with Gasteiger partial charge in [0.15, 0.2) is 5.70 Å². The third-order valence-corrected chi connectivity index (χ3v) is 4.55. The van der Waals surface area contributed by atoms with Crippen LogP contribution in [-0.4, -0.2) is 33.3 Å². The van der Waals surface area contributed by atoms with Crippen molar-refractivity contribution in [2.45, 2.75) is 27.7 Å². The van der Waals surface area contributed by atoms with Crippen molar-refractivity contribution in [3.63, 3.8) is 0 Å². The highest BCUT2D eigenvalue weighted by Gasteiger charge is 2.29. The molecule has 2 aromatic heterocycles. The molecule has 7 heteroatoms. The zero-order valence-electron chi connectivity index (χ0n) is 13.9. The van der Waals surface area contributed by atoms with Crippen molar-refractivity contribution in [1.29, 1.82) is 0 Å². The molecular formula is C17H19NO5S. The van der Waals surface area contributed by atoms with Crippen LogP contribution >= 0.6 is 11.3 Å². The number of aliphatic hydroxyl groups is 1. The molecule has 0 fully saturated rings. The van der Waals surface area contributed by atoms with Crippen molar-refractivity contribution in [3.8, 4) is 10.4 Å². The average molecular weight is 349 g/mol. The summed E-state index contributed by atoms with van der Waals surface area (Å²) < 4.78 is 6.46. The number of allylic oxidation sites excluding steroid dienone is 1. The lowest BCUT2D eigenvalue weighted by molar-refractivity contribution is -0.136. The SMILES string of the molecule is CCOC(=O)/C(=C(/C)O)n1c(C)c(C(=O)O)c(-c2cccs2)c1C. The summed E-state index contributed by atoms with van der Waals surface area (Å²) in [4.78, 5) is 24.8. The van der Waals surface area contributed by atoms with E-state index in [4.69, 9.17) is 4.74 Å². The molecule has 0 aromatic carbocycles. The van der Waals surface area contributed by atoms with Crippen LogP contribution in [0.25, 0.3) is 16.1 Å². The molecule has 2 rings (SSSR count). The smallest absolute Gasteiger partial charge is 0.358 e. The molecule has 0 aliphatic heterocycles. The minimum absolute atomic E-state index is 0.0721. The summed E-state index contributed by atoms with van der Waals surface area (Å²) in [7, 11) is 0. The van der Waals surface area contributed by atoms with Gasteiger partial charge in [0, 0.05) is 21.8 Å². The quantitative estimate of drug-likeness (QED) is 0.486. The predicted molar refractivity (Wildman–Crippen MR) is 92.3 cm³/mol. The third kappa shape index (κ3) is 2.94. The summed E-state index contributed by atoms with van der Waals surface area (Å²) in [6.45, 7) is 6.51. The molecule has 0 saturated carbocycles. The first kappa shape index (κ1) is 17.8. The Kier molecular flexibility index (Phi) is 5.14. The number of nitrogens with zero attached hydrogens (tertiary/aromatic N) is 1. The van der Waals surface area contributed by atoms with E-state index in [2.05, 4.69) is 0 Å². The summed E-state index contributed by atoms with van der Waals surface area (Å²) in [5, 5.41) is 21.5. The first-order chi connectivity index (χ1) is 11.3. The van der Waals surface area contributed by atoms with Crippen LogP contribution in [0, 0.1) is 13.8 Å². The van der Waals surface area contributed by atoms with Gasteiger partial charge in [-0.05, 0) is 39.1 Å². The van der Waals surface area contributed by atoms with Gasteiger partial charge in [-0.2, -0.15) is 0 Å². The van der Waals surface area contributed by atoms with E-state index >= 15 is 0 Å². The van der Waals surface area contributed by atoms with Gasteiger partial charge in [-0.15, -0.1) is 11.3 Å². The van der Waals surface area contributed by atoms with Gasteiger partial charge >= 0.3 is 11.9 Å². The number of carbonyl (C=O) groups is 2. The van der Waals surface area contributed by atoms with Crippen LogP contribution in [0.3, 0.4) is 0 Å². The summed E-state index contributed by atoms with van der Waals surface area (Å²) in [6, 6.07) is 3.65. The number of hydrogen-bond acceptors (Lipinski definition) is 5. The van der Waals surface area contributed by atoms with E-state index in [0.29, 0.717) is 17.0 Å². The average Bonchev–Trinajstić information content (AvgIpc) is 3.08. The highest BCUT2D eigenvalue weighted by atomic mass is 32.1. The first-order valence-electron chi connectivity index (χ1n) is 7.37. The fourth-order valence-corrected chi connectivity index (χ4v) is 3.59. The molecule has 2 heterocycles. The number of aromatic carboxylic acids is 1. The Morgan fingerprint density at radius 2 is 1.92 bits per heavy atom. The maximum Gasteiger partial charge on any atom is 0.358 e. The zero-order chi connectivity index (χ0) is 18.0. The van der Waals surface area contributed by atoms with Gasteiger partial charge in [-0.25, -0.2) is 9.59 Å². The molecule has 0 bridgehead atoms. The Hall–Kier alpha value is -2.54. The zero-order valence-corrected chi connectivity index (χ0v) is 14.7. The minimum atomic E-state index is -1.09. The number of carbonyl (C=O) groups excluding carboxylic acids is 1. The molecule has 0 unspecified atom stereocenters. The van der Waals surface area contributed by atoms with Crippen molar-refractivity contribution in [3.05, 3.63) is 40.2 Å². The number of ether oxygens (including phenoxy) is 1. The number of carboxylic acids is 1. The Morgan fingerprint density at radius 3 is 2.38 bits per heavy atom. The molecule has 128 valence electrons. The molecule has 2 aromatic rings. The molecule has 0 amide bonds. The van der Waals surface area contributed by atoms with Crippen LogP contribution in [0.4, 0.5) is 0 Å². The second-order valence-electron chi connectivity index (χ2n) is 5.19. The van der Waals surface area contributed by atoms with Crippen LogP contribution in [0.15, 0.2) is 23.3 Å². The number of esters is 1. The molecule has 6 nitrogen and oxygen atoms in total. The second-order valence-corrected chi connectivity index (χ2v) is 6.14. The summed E-state index contributed by atoms with van der Waals surface area (Å²) in [5.74, 6) is -2.02. The fraction of sp³-hybridized carbons (Fsp3) is 0.294. The van der Waals surface area contributed by atoms with Gasteiger partial charge in [0.2, 0.25) is 0 Å². The Bertz CT molecular complexity index is 811. The maximum atomic E-state index is 12.3. The lowest BCUT2D eigenvalue weighted by atomic mass is 10.1. The number of aromatic nitrogens is 1. The van der Waals surface area contributed by atoms with Crippen molar-refractivity contribution in [2.75, 3.05) is 6.61 Å². The standard InChI is InChI=1S/C17H19NO5S/c1-5-23-17(22)15(11(4)19)18-9(2)13(12-7-6-8-24-12)14(10(18)3)16(20)21/h6-8,19H,5H2,1-4H3,(H,20,21)/b15-11+. The van der Waals surface area contributed by atoms with Crippen molar-refractivity contribution in [2.24, 2.45) is 0 Å². The van der Waals surface area contributed by atoms with E-state index in [0.717, 1.165) is 4.88 Å². The van der Waals surface area contributed by atoms with Gasteiger partial charge < -0.3 is 19.5 Å². The predicted octanol–water partition coefficient (Wildman–Crippen LogP) is 3.84. The van der Waals surface area contributed by atoms with E-state index in [1.807, 2.05) is 17.5 Å². The third-order valence-electron chi connectivity index (χ3n) is 3.66. The van der Waals surface area contributed by atoms with Gasteiger partial charge in [0.1, 0.15) is 5.76 Å². The summed E-state index contributed by atoms with van der Waals surface area (Å²) in [5.41, 5.74) is 1.50. The van der Waals surface area contributed by atoms with Crippen LogP contribution in [0.2, 0.25) is 0 Å². The van der Waals surface area contributed by atoms with E-state index < -0.39 is 11.9 Å². The second kappa shape index (κ2) is 6.92. The number of carboxylic acid groups (broad SMARTS) is 1. The van der Waals surface area contributed by atoms with E-state index in [1.165, 1.54) is 22.8 Å². The largest absolute Gasteiger partial charge is 0.510 e. The highest BCUT2D eigenvalue weighted by Crippen LogP contribution is 2.37. The molecule has 24 heavy (non-hydrogen) atoms.